The molecule has 0 saturated carbocycles. The first-order valence-electron chi connectivity index (χ1n) is 22.0. The van der Waals surface area contributed by atoms with Gasteiger partial charge in [-0.05, 0) is 143 Å². The second-order valence-electron chi connectivity index (χ2n) is 15.5. The topological polar surface area (TPSA) is 218 Å². The summed E-state index contributed by atoms with van der Waals surface area (Å²) in [5.74, 6) is -2.31. The van der Waals surface area contributed by atoms with Gasteiger partial charge < -0.3 is 30.7 Å². The first-order valence-corrected chi connectivity index (χ1v) is 24.3. The van der Waals surface area contributed by atoms with Crippen molar-refractivity contribution in [3.05, 3.63) is 129 Å². The van der Waals surface area contributed by atoms with E-state index in [-0.39, 0.29) is 43.9 Å². The Balaban J connectivity index is 1.28. The number of hydrogen-bond acceptors (Lipinski definition) is 12. The summed E-state index contributed by atoms with van der Waals surface area (Å²) in [6, 6.07) is 20.2. The highest BCUT2D eigenvalue weighted by molar-refractivity contribution is 6.33. The Hall–Kier alpha value is -6.43. The zero-order chi connectivity index (χ0) is 51.8. The van der Waals surface area contributed by atoms with Gasteiger partial charge in [0.2, 0.25) is 12.1 Å². The molecule has 3 unspecified atom stereocenters. The third kappa shape index (κ3) is 15.5. The predicted molar refractivity (Wildman–Crippen MR) is 279 cm³/mol. The molecule has 0 aromatic heterocycles. The molecule has 5 rings (SSSR count). The Morgan fingerprint density at radius 3 is 1.41 bits per heavy atom. The maximum Gasteiger partial charge on any atom is 0.258 e. The molecule has 16 nitrogen and oxygen atoms in total. The van der Waals surface area contributed by atoms with Crippen molar-refractivity contribution in [1.82, 2.24) is 0 Å². The number of nitrogens with zero attached hydrogens (tertiary/aromatic N) is 4. The lowest BCUT2D eigenvalue weighted by Crippen LogP contribution is -2.32. The molecule has 372 valence electrons. The number of nitrogens with one attached hydrogen (secondary N) is 4. The predicted octanol–water partition coefficient (Wildman–Crippen LogP) is 12.5. The van der Waals surface area contributed by atoms with Crippen LogP contribution in [0.5, 0.6) is 11.5 Å². The average Bonchev–Trinajstić information content (AvgIpc) is 3.32. The zero-order valence-electron chi connectivity index (χ0n) is 39.1. The fourth-order valence-electron chi connectivity index (χ4n) is 6.64. The summed E-state index contributed by atoms with van der Waals surface area (Å²) in [6.45, 7) is 8.29. The molecule has 4 N–H and O–H groups in total. The molecule has 3 atom stereocenters. The van der Waals surface area contributed by atoms with E-state index in [9.17, 15) is 28.8 Å². The van der Waals surface area contributed by atoms with Crippen molar-refractivity contribution in [2.24, 2.45) is 20.5 Å². The molecule has 0 radical (unpaired) electrons. The maximum atomic E-state index is 13.6. The highest BCUT2D eigenvalue weighted by Crippen LogP contribution is 2.34. The number of azo groups is 2. The third-order valence-corrected chi connectivity index (χ3v) is 11.5. The number of benzene rings is 5. The van der Waals surface area contributed by atoms with Gasteiger partial charge in [0.05, 0.1) is 40.0 Å². The van der Waals surface area contributed by atoms with Crippen molar-refractivity contribution in [3.63, 3.8) is 0 Å². The first-order chi connectivity index (χ1) is 34.0. The number of amides is 4. The molecule has 0 aliphatic heterocycles. The lowest BCUT2D eigenvalue weighted by atomic mass is 10.1. The van der Waals surface area contributed by atoms with Gasteiger partial charge in [0.1, 0.15) is 22.9 Å². The van der Waals surface area contributed by atoms with Crippen LogP contribution >= 0.6 is 58.0 Å². The number of halogens is 5. The second-order valence-corrected chi connectivity index (χ2v) is 17.7. The SMILES string of the molecule is CCOc1cc(CCCl)ccc1NC(=O)c1ccc(Cl)c(N=NC(C(C)=O)C(=O)Nc2ccc(NC(=O)C(N=Nc3cc(C(=O)Nc4ccc(CCCl)cc4OCC)ccc3Cl)C(C)=O)c(C(C)Cl)c2)c1. The minimum atomic E-state index is -1.65. The summed E-state index contributed by atoms with van der Waals surface area (Å²) in [5.41, 5.74) is 3.73. The van der Waals surface area contributed by atoms with Crippen LogP contribution in [0.25, 0.3) is 0 Å². The Kier molecular flexibility index (Phi) is 20.9. The standard InChI is InChI=1S/C50H49Cl5N8O8/c1-6-70-43-22-30(18-20-51)8-15-39(43)58-47(66)32-10-13-36(54)41(24-32)60-62-45(28(4)64)49(68)56-34-12-17-38(35(26-34)27(3)53)57-50(69)46(29(5)65)63-61-42-25-33(11-14-37(42)55)48(67)59-40-16-9-31(19-21-52)23-44(40)71-7-2/h8-17,22-27,45-46H,6-7,18-21H2,1-5H3,(H,56,68)(H,57,69)(H,58,66)(H,59,67). The summed E-state index contributed by atoms with van der Waals surface area (Å²) < 4.78 is 11.5. The molecule has 5 aromatic rings. The molecule has 0 fully saturated rings. The van der Waals surface area contributed by atoms with Crippen molar-refractivity contribution in [2.45, 2.75) is 64.9 Å². The van der Waals surface area contributed by atoms with Crippen molar-refractivity contribution in [1.29, 1.82) is 0 Å². The van der Waals surface area contributed by atoms with Crippen LogP contribution in [0.15, 0.2) is 111 Å². The van der Waals surface area contributed by atoms with Gasteiger partial charge in [-0.15, -0.1) is 34.8 Å². The molecule has 0 heterocycles. The van der Waals surface area contributed by atoms with Crippen molar-refractivity contribution >= 4 is 127 Å². The van der Waals surface area contributed by atoms with Crippen LogP contribution in [-0.4, -0.2) is 72.3 Å². The van der Waals surface area contributed by atoms with Crippen LogP contribution in [0.4, 0.5) is 34.1 Å². The Labute approximate surface area is 435 Å². The van der Waals surface area contributed by atoms with E-state index in [1.165, 1.54) is 54.6 Å². The molecule has 0 aliphatic carbocycles. The van der Waals surface area contributed by atoms with Crippen LogP contribution < -0.4 is 30.7 Å². The number of rotatable bonds is 23. The Morgan fingerprint density at radius 2 is 1.00 bits per heavy atom. The number of anilines is 4. The summed E-state index contributed by atoms with van der Waals surface area (Å²) in [7, 11) is 0. The fourth-order valence-corrected chi connectivity index (χ4v) is 7.57. The van der Waals surface area contributed by atoms with E-state index in [1.54, 1.807) is 31.2 Å². The summed E-state index contributed by atoms with van der Waals surface area (Å²) >= 11 is 31.1. The van der Waals surface area contributed by atoms with Crippen molar-refractivity contribution in [3.8, 4) is 11.5 Å². The number of alkyl halides is 3. The molecule has 4 amide bonds. The van der Waals surface area contributed by atoms with Crippen LogP contribution in [-0.2, 0) is 32.0 Å². The normalized spacial score (nSPS) is 12.5. The van der Waals surface area contributed by atoms with E-state index in [4.69, 9.17) is 67.5 Å². The van der Waals surface area contributed by atoms with Crippen LogP contribution in [0.2, 0.25) is 10.0 Å². The highest BCUT2D eigenvalue weighted by Gasteiger charge is 2.27. The van der Waals surface area contributed by atoms with E-state index in [0.29, 0.717) is 66.3 Å². The molecule has 0 aliphatic rings. The van der Waals surface area contributed by atoms with Gasteiger partial charge in [-0.1, -0.05) is 35.3 Å². The van der Waals surface area contributed by atoms with E-state index in [2.05, 4.69) is 41.7 Å². The van der Waals surface area contributed by atoms with Gasteiger partial charge in [0, 0.05) is 34.3 Å². The number of aryl methyl sites for hydroxylation is 2. The van der Waals surface area contributed by atoms with Crippen LogP contribution in [0.1, 0.15) is 77.4 Å². The largest absolute Gasteiger partial charge is 0.492 e. The molecule has 0 bridgehead atoms. The summed E-state index contributed by atoms with van der Waals surface area (Å²) in [4.78, 5) is 79.3. The molecular formula is C50H49Cl5N8O8. The zero-order valence-corrected chi connectivity index (χ0v) is 42.9. The number of carbonyl (C=O) groups excluding carboxylic acids is 6. The molecule has 21 heteroatoms. The quantitative estimate of drug-likeness (QED) is 0.0279. The smallest absolute Gasteiger partial charge is 0.258 e. The number of ketones is 2. The number of Topliss-reactive ketones (excluding diaryl/α,β-unsaturated/α-hetero) is 2. The van der Waals surface area contributed by atoms with Gasteiger partial charge in [-0.3, -0.25) is 28.8 Å². The van der Waals surface area contributed by atoms with Crippen molar-refractivity contribution < 1.29 is 38.2 Å². The van der Waals surface area contributed by atoms with Crippen LogP contribution in [0, 0.1) is 0 Å². The minimum absolute atomic E-state index is 0.0107. The highest BCUT2D eigenvalue weighted by atomic mass is 35.5. The molecular weight excluding hydrogens is 1020 g/mol. The van der Waals surface area contributed by atoms with Gasteiger partial charge in [-0.2, -0.15) is 20.5 Å². The van der Waals surface area contributed by atoms with Crippen molar-refractivity contribution in [2.75, 3.05) is 46.2 Å². The molecule has 0 spiro atoms. The minimum Gasteiger partial charge on any atom is -0.492 e. The van der Waals surface area contributed by atoms with E-state index in [1.807, 2.05) is 26.0 Å². The fraction of sp³-hybridized carbons (Fsp3) is 0.280. The first kappa shape index (κ1) is 55.5. The number of ether oxygens (including phenoxy) is 2. The maximum absolute atomic E-state index is 13.6. The van der Waals surface area contributed by atoms with E-state index < -0.39 is 52.7 Å². The van der Waals surface area contributed by atoms with Gasteiger partial charge in [0.25, 0.3) is 23.6 Å². The molecule has 5 aromatic carbocycles. The van der Waals surface area contributed by atoms with Crippen LogP contribution in [0.3, 0.4) is 0 Å². The van der Waals surface area contributed by atoms with E-state index >= 15 is 0 Å². The lowest BCUT2D eigenvalue weighted by Gasteiger charge is -2.17. The summed E-state index contributed by atoms with van der Waals surface area (Å²) in [5, 5.41) is 26.5. The Bertz CT molecular complexity index is 2860. The average molecular weight is 1070 g/mol. The lowest BCUT2D eigenvalue weighted by molar-refractivity contribution is -0.127. The second kappa shape index (κ2) is 26.7. The summed E-state index contributed by atoms with van der Waals surface area (Å²) in [6.07, 6.45) is 1.23. The van der Waals surface area contributed by atoms with E-state index in [0.717, 1.165) is 25.0 Å². The molecule has 71 heavy (non-hydrogen) atoms. The Morgan fingerprint density at radius 1 is 0.563 bits per heavy atom. The number of hydrogen-bond donors (Lipinski definition) is 4. The van der Waals surface area contributed by atoms with Gasteiger partial charge in [0.15, 0.2) is 11.6 Å². The molecule has 0 saturated heterocycles. The third-order valence-electron chi connectivity index (χ3n) is 10.2. The van der Waals surface area contributed by atoms with Gasteiger partial charge in [-0.25, -0.2) is 0 Å². The number of carbonyl (C=O) groups is 6. The van der Waals surface area contributed by atoms with Gasteiger partial charge >= 0.3 is 0 Å². The monoisotopic (exact) mass is 1060 g/mol.